The second-order valence-electron chi connectivity index (χ2n) is 4.54. The Labute approximate surface area is 117 Å². The van der Waals surface area contributed by atoms with Gasteiger partial charge in [0.2, 0.25) is 10.0 Å². The van der Waals surface area contributed by atoms with Crippen LogP contribution < -0.4 is 4.72 Å². The van der Waals surface area contributed by atoms with E-state index in [-0.39, 0.29) is 5.75 Å². The zero-order valence-corrected chi connectivity index (χ0v) is 13.1. The minimum Gasteiger partial charge on any atom is -0.261 e. The Morgan fingerprint density at radius 1 is 1.44 bits per heavy atom. The molecule has 4 nitrogen and oxygen atoms in total. The van der Waals surface area contributed by atoms with Crippen LogP contribution in [0.5, 0.6) is 0 Å². The van der Waals surface area contributed by atoms with Gasteiger partial charge in [-0.3, -0.25) is 4.98 Å². The molecule has 0 aliphatic rings. The predicted molar refractivity (Wildman–Crippen MR) is 77.4 cm³/mol. The quantitative estimate of drug-likeness (QED) is 0.777. The monoisotopic (exact) mass is 334 g/mol. The van der Waals surface area contributed by atoms with Crippen molar-refractivity contribution in [1.82, 2.24) is 9.71 Å². The molecule has 0 saturated heterocycles. The summed E-state index contributed by atoms with van der Waals surface area (Å²) in [6.45, 7) is 3.85. The van der Waals surface area contributed by atoms with Crippen molar-refractivity contribution in [3.63, 3.8) is 0 Å². The summed E-state index contributed by atoms with van der Waals surface area (Å²) >= 11 is 3.34. The molecule has 0 fully saturated rings. The molecule has 0 bridgehead atoms. The molecular weight excluding hydrogens is 316 g/mol. The number of nitrogens with one attached hydrogen (secondary N) is 1. The summed E-state index contributed by atoms with van der Waals surface area (Å²) in [5, 5.41) is 0.597. The van der Waals surface area contributed by atoms with Gasteiger partial charge in [-0.05, 0) is 25.5 Å². The Morgan fingerprint density at radius 3 is 2.67 bits per heavy atom. The second kappa shape index (κ2) is 6.63. The zero-order chi connectivity index (χ0) is 13.6. The average molecular weight is 335 g/mol. The number of rotatable bonds is 7. The largest absolute Gasteiger partial charge is 0.261 e. The lowest BCUT2D eigenvalue weighted by Gasteiger charge is -2.26. The molecule has 18 heavy (non-hydrogen) atoms. The number of sulfonamides is 1. The fraction of sp³-hybridized carbons (Fsp3) is 0.583. The highest BCUT2D eigenvalue weighted by Crippen LogP contribution is 2.14. The molecule has 6 heteroatoms. The van der Waals surface area contributed by atoms with Crippen LogP contribution >= 0.6 is 15.9 Å². The highest BCUT2D eigenvalue weighted by molar-refractivity contribution is 9.09. The van der Waals surface area contributed by atoms with Crippen LogP contribution in [0.1, 0.15) is 26.0 Å². The lowest BCUT2D eigenvalue weighted by Crippen LogP contribution is -2.47. The van der Waals surface area contributed by atoms with Crippen molar-refractivity contribution in [3.05, 3.63) is 30.1 Å². The van der Waals surface area contributed by atoms with Crippen molar-refractivity contribution in [3.8, 4) is 0 Å². The van der Waals surface area contributed by atoms with E-state index in [2.05, 4.69) is 25.6 Å². The van der Waals surface area contributed by atoms with Crippen LogP contribution in [0, 0.1) is 0 Å². The molecule has 1 N–H and O–H groups in total. The van der Waals surface area contributed by atoms with Gasteiger partial charge in [0.25, 0.3) is 0 Å². The van der Waals surface area contributed by atoms with Crippen LogP contribution in [0.2, 0.25) is 0 Å². The normalized spacial score (nSPS) is 15.3. The van der Waals surface area contributed by atoms with Gasteiger partial charge in [-0.25, -0.2) is 13.1 Å². The number of nitrogens with zero attached hydrogens (tertiary/aromatic N) is 1. The summed E-state index contributed by atoms with van der Waals surface area (Å²) < 4.78 is 26.7. The summed E-state index contributed by atoms with van der Waals surface area (Å²) in [6, 6.07) is 5.51. The molecule has 102 valence electrons. The lowest BCUT2D eigenvalue weighted by molar-refractivity contribution is 0.449. The van der Waals surface area contributed by atoms with E-state index < -0.39 is 15.6 Å². The molecular formula is C12H19BrN2O2S. The van der Waals surface area contributed by atoms with Gasteiger partial charge in [0.15, 0.2) is 0 Å². The third kappa shape index (κ3) is 5.04. The van der Waals surface area contributed by atoms with Gasteiger partial charge in [-0.15, -0.1) is 0 Å². The zero-order valence-electron chi connectivity index (χ0n) is 10.7. The molecule has 1 unspecified atom stereocenters. The Bertz CT molecular complexity index is 458. The average Bonchev–Trinajstić information content (AvgIpc) is 2.37. The van der Waals surface area contributed by atoms with E-state index in [0.717, 1.165) is 12.1 Å². The van der Waals surface area contributed by atoms with Crippen molar-refractivity contribution < 1.29 is 8.42 Å². The third-order valence-corrected chi connectivity index (χ3v) is 5.61. The molecule has 1 aromatic heterocycles. The molecule has 0 aliphatic carbocycles. The van der Waals surface area contributed by atoms with Crippen molar-refractivity contribution >= 4 is 26.0 Å². The maximum atomic E-state index is 12.0. The summed E-state index contributed by atoms with van der Waals surface area (Å²) in [5.41, 5.74) is 0.364. The molecule has 1 heterocycles. The first-order chi connectivity index (χ1) is 8.41. The first-order valence-corrected chi connectivity index (χ1v) is 8.66. The van der Waals surface area contributed by atoms with Gasteiger partial charge < -0.3 is 0 Å². The van der Waals surface area contributed by atoms with Crippen molar-refractivity contribution in [2.45, 2.75) is 32.2 Å². The Balaban J connectivity index is 2.61. The highest BCUT2D eigenvalue weighted by Gasteiger charge is 2.26. The van der Waals surface area contributed by atoms with Crippen LogP contribution in [-0.2, 0) is 16.4 Å². The first-order valence-electron chi connectivity index (χ1n) is 5.88. The number of alkyl halides is 1. The van der Waals surface area contributed by atoms with Crippen molar-refractivity contribution in [1.29, 1.82) is 0 Å². The number of pyridine rings is 1. The maximum Gasteiger partial charge on any atom is 0.212 e. The molecule has 0 aliphatic heterocycles. The molecule has 1 atom stereocenters. The van der Waals surface area contributed by atoms with Gasteiger partial charge in [0.05, 0.1) is 5.75 Å². The van der Waals surface area contributed by atoms with Crippen LogP contribution in [0.15, 0.2) is 24.4 Å². The minimum absolute atomic E-state index is 0.0621. The van der Waals surface area contributed by atoms with Crippen LogP contribution in [0.25, 0.3) is 0 Å². The van der Waals surface area contributed by atoms with Gasteiger partial charge in [0, 0.05) is 29.2 Å². The number of hydrogen-bond acceptors (Lipinski definition) is 3. The van der Waals surface area contributed by atoms with E-state index in [1.165, 1.54) is 0 Å². The van der Waals surface area contributed by atoms with Crippen LogP contribution in [-0.4, -0.2) is 30.0 Å². The van der Waals surface area contributed by atoms with Crippen LogP contribution in [0.3, 0.4) is 0 Å². The van der Waals surface area contributed by atoms with Crippen LogP contribution in [0.4, 0.5) is 0 Å². The Kier molecular flexibility index (Phi) is 5.75. The molecule has 0 saturated carbocycles. The van der Waals surface area contributed by atoms with E-state index in [1.807, 2.05) is 32.0 Å². The summed E-state index contributed by atoms with van der Waals surface area (Å²) in [5.74, 6) is 0.0621. The van der Waals surface area contributed by atoms with E-state index in [0.29, 0.717) is 11.8 Å². The molecule has 1 aromatic rings. The smallest absolute Gasteiger partial charge is 0.212 e. The molecule has 0 amide bonds. The van der Waals surface area contributed by atoms with E-state index in [1.54, 1.807) is 6.20 Å². The Morgan fingerprint density at radius 2 is 2.17 bits per heavy atom. The minimum atomic E-state index is -3.28. The predicted octanol–water partition coefficient (Wildman–Crippen LogP) is 2.11. The van der Waals surface area contributed by atoms with E-state index >= 15 is 0 Å². The van der Waals surface area contributed by atoms with Gasteiger partial charge >= 0.3 is 0 Å². The summed E-state index contributed by atoms with van der Waals surface area (Å²) in [6.07, 6.45) is 2.84. The Hall–Kier alpha value is -0.460. The second-order valence-corrected chi connectivity index (χ2v) is 6.94. The topological polar surface area (TPSA) is 59.1 Å². The van der Waals surface area contributed by atoms with Crippen molar-refractivity contribution in [2.75, 3.05) is 11.1 Å². The fourth-order valence-corrected chi connectivity index (χ4v) is 3.67. The fourth-order valence-electron chi connectivity index (χ4n) is 1.41. The maximum absolute atomic E-state index is 12.0. The number of halogens is 1. The molecule has 0 spiro atoms. The van der Waals surface area contributed by atoms with Gasteiger partial charge in [0.1, 0.15) is 0 Å². The SMILES string of the molecule is CCC(C)(CBr)NS(=O)(=O)CCc1ccccn1. The third-order valence-electron chi connectivity index (χ3n) is 2.83. The molecule has 0 aromatic carbocycles. The van der Waals surface area contributed by atoms with E-state index in [9.17, 15) is 8.42 Å². The van der Waals surface area contributed by atoms with Gasteiger partial charge in [-0.2, -0.15) is 0 Å². The molecule has 1 rings (SSSR count). The lowest BCUT2D eigenvalue weighted by atomic mass is 10.0. The number of hydrogen-bond donors (Lipinski definition) is 1. The first kappa shape index (κ1) is 15.6. The summed E-state index contributed by atoms with van der Waals surface area (Å²) in [4.78, 5) is 4.12. The van der Waals surface area contributed by atoms with E-state index in [4.69, 9.17) is 0 Å². The number of aromatic nitrogens is 1. The van der Waals surface area contributed by atoms with Gasteiger partial charge in [-0.1, -0.05) is 28.9 Å². The molecule has 0 radical (unpaired) electrons. The van der Waals surface area contributed by atoms with Crippen molar-refractivity contribution in [2.24, 2.45) is 0 Å². The number of aryl methyl sites for hydroxylation is 1. The summed E-state index contributed by atoms with van der Waals surface area (Å²) in [7, 11) is -3.28. The highest BCUT2D eigenvalue weighted by atomic mass is 79.9. The standard InChI is InChI=1S/C12H19BrN2O2S/c1-3-12(2,10-13)15-18(16,17)9-7-11-6-4-5-8-14-11/h4-6,8,15H,3,7,9-10H2,1-2H3.